The van der Waals surface area contributed by atoms with Crippen molar-refractivity contribution in [2.24, 2.45) is 11.8 Å². The summed E-state index contributed by atoms with van der Waals surface area (Å²) in [4.78, 5) is 13.9. The molecule has 0 spiro atoms. The third-order valence-corrected chi connectivity index (χ3v) is 3.34. The van der Waals surface area contributed by atoms with Crippen molar-refractivity contribution in [2.75, 3.05) is 20.2 Å². The molecule has 1 aliphatic rings. The topological polar surface area (TPSA) is 29.5 Å². The van der Waals surface area contributed by atoms with Gasteiger partial charge in [-0.05, 0) is 32.1 Å². The first-order valence-corrected chi connectivity index (χ1v) is 5.71. The third-order valence-electron chi connectivity index (χ3n) is 3.34. The predicted octanol–water partition coefficient (Wildman–Crippen LogP) is 1.92. The zero-order valence-corrected chi connectivity index (χ0v) is 10.5. The van der Waals surface area contributed by atoms with Crippen molar-refractivity contribution in [2.45, 2.75) is 39.7 Å². The highest BCUT2D eigenvalue weighted by molar-refractivity contribution is 5.79. The van der Waals surface area contributed by atoms with Crippen LogP contribution in [0.4, 0.5) is 0 Å². The number of ether oxygens (including phenoxy) is 1. The van der Waals surface area contributed by atoms with Crippen LogP contribution in [-0.2, 0) is 9.53 Å². The van der Waals surface area contributed by atoms with Crippen molar-refractivity contribution in [1.29, 1.82) is 0 Å². The zero-order valence-electron chi connectivity index (χ0n) is 10.5. The summed E-state index contributed by atoms with van der Waals surface area (Å²) in [7, 11) is 1.46. The number of piperidine rings is 1. The van der Waals surface area contributed by atoms with Gasteiger partial charge in [0.2, 0.25) is 0 Å². The molecule has 1 aliphatic heterocycles. The Balaban J connectivity index is 2.73. The molecular formula is C12H23NO2. The van der Waals surface area contributed by atoms with Crippen molar-refractivity contribution >= 4 is 5.97 Å². The molecule has 1 fully saturated rings. The second-order valence-electron chi connectivity index (χ2n) is 5.40. The standard InChI is InChI=1S/C12H23NO2/c1-9-6-10(2)8-13(7-9)12(3,4)11(14)15-5/h9-10H,6-8H2,1-5H3/t9-,10-/m0/s1. The van der Waals surface area contributed by atoms with Crippen molar-refractivity contribution in [3.63, 3.8) is 0 Å². The molecule has 1 saturated heterocycles. The maximum atomic E-state index is 11.7. The Hall–Kier alpha value is -0.570. The fraction of sp³-hybridized carbons (Fsp3) is 0.917. The summed E-state index contributed by atoms with van der Waals surface area (Å²) in [5.41, 5.74) is -0.488. The Bertz CT molecular complexity index is 228. The second-order valence-corrected chi connectivity index (χ2v) is 5.40. The molecule has 3 nitrogen and oxygen atoms in total. The molecule has 2 atom stereocenters. The summed E-state index contributed by atoms with van der Waals surface area (Å²) in [6.45, 7) is 10.4. The van der Waals surface area contributed by atoms with Gasteiger partial charge in [-0.1, -0.05) is 13.8 Å². The van der Waals surface area contributed by atoms with Gasteiger partial charge in [0.05, 0.1) is 7.11 Å². The van der Waals surface area contributed by atoms with Crippen molar-refractivity contribution in [3.8, 4) is 0 Å². The number of methoxy groups -OCH3 is 1. The van der Waals surface area contributed by atoms with E-state index in [1.54, 1.807) is 0 Å². The van der Waals surface area contributed by atoms with Crippen LogP contribution in [0.25, 0.3) is 0 Å². The Labute approximate surface area is 92.8 Å². The lowest BCUT2D eigenvalue weighted by atomic mass is 9.88. The Morgan fingerprint density at radius 1 is 1.27 bits per heavy atom. The average molecular weight is 213 g/mol. The molecule has 0 unspecified atom stereocenters. The number of rotatable bonds is 2. The highest BCUT2D eigenvalue weighted by atomic mass is 16.5. The van der Waals surface area contributed by atoms with E-state index in [9.17, 15) is 4.79 Å². The molecule has 0 bridgehead atoms. The van der Waals surface area contributed by atoms with Gasteiger partial charge in [0.15, 0.2) is 0 Å². The molecule has 0 aromatic carbocycles. The predicted molar refractivity (Wildman–Crippen MR) is 60.6 cm³/mol. The summed E-state index contributed by atoms with van der Waals surface area (Å²) < 4.78 is 4.86. The number of hydrogen-bond acceptors (Lipinski definition) is 3. The van der Waals surface area contributed by atoms with E-state index in [1.165, 1.54) is 13.5 Å². The Kier molecular flexibility index (Phi) is 3.77. The van der Waals surface area contributed by atoms with Crippen molar-refractivity contribution in [3.05, 3.63) is 0 Å². The van der Waals surface area contributed by atoms with Crippen LogP contribution in [-0.4, -0.2) is 36.6 Å². The molecule has 0 saturated carbocycles. The molecule has 0 N–H and O–H groups in total. The molecule has 88 valence electrons. The van der Waals surface area contributed by atoms with Crippen LogP contribution in [0.15, 0.2) is 0 Å². The zero-order chi connectivity index (χ0) is 11.6. The van der Waals surface area contributed by atoms with E-state index in [-0.39, 0.29) is 5.97 Å². The molecule has 0 aromatic rings. The number of nitrogens with zero attached hydrogens (tertiary/aromatic N) is 1. The molecule has 0 amide bonds. The van der Waals surface area contributed by atoms with E-state index >= 15 is 0 Å². The fourth-order valence-corrected chi connectivity index (χ4v) is 2.50. The molecule has 1 heterocycles. The van der Waals surface area contributed by atoms with Gasteiger partial charge in [-0.2, -0.15) is 0 Å². The highest BCUT2D eigenvalue weighted by Gasteiger charge is 2.38. The van der Waals surface area contributed by atoms with E-state index in [1.807, 2.05) is 13.8 Å². The van der Waals surface area contributed by atoms with E-state index in [0.29, 0.717) is 11.8 Å². The first-order chi connectivity index (χ1) is 6.87. The van der Waals surface area contributed by atoms with Crippen molar-refractivity contribution < 1.29 is 9.53 Å². The van der Waals surface area contributed by atoms with Crippen molar-refractivity contribution in [1.82, 2.24) is 4.90 Å². The van der Waals surface area contributed by atoms with Gasteiger partial charge in [-0.3, -0.25) is 9.69 Å². The number of carbonyl (C=O) groups excluding carboxylic acids is 1. The number of likely N-dealkylation sites (tertiary alicyclic amines) is 1. The molecular weight excluding hydrogens is 190 g/mol. The smallest absolute Gasteiger partial charge is 0.325 e. The van der Waals surface area contributed by atoms with Gasteiger partial charge in [0, 0.05) is 13.1 Å². The van der Waals surface area contributed by atoms with Crippen LogP contribution >= 0.6 is 0 Å². The van der Waals surface area contributed by atoms with Crippen LogP contribution in [0.3, 0.4) is 0 Å². The van der Waals surface area contributed by atoms with Gasteiger partial charge in [0.1, 0.15) is 5.54 Å². The summed E-state index contributed by atoms with van der Waals surface area (Å²) in [5, 5.41) is 0. The van der Waals surface area contributed by atoms with Gasteiger partial charge in [-0.25, -0.2) is 0 Å². The van der Waals surface area contributed by atoms with Gasteiger partial charge in [-0.15, -0.1) is 0 Å². The molecule has 15 heavy (non-hydrogen) atoms. The maximum Gasteiger partial charge on any atom is 0.325 e. The Morgan fingerprint density at radius 2 is 1.73 bits per heavy atom. The minimum absolute atomic E-state index is 0.135. The molecule has 0 aliphatic carbocycles. The summed E-state index contributed by atoms with van der Waals surface area (Å²) in [6.07, 6.45) is 1.26. The Morgan fingerprint density at radius 3 is 2.13 bits per heavy atom. The summed E-state index contributed by atoms with van der Waals surface area (Å²) in [5.74, 6) is 1.19. The molecule has 1 rings (SSSR count). The van der Waals surface area contributed by atoms with E-state index in [4.69, 9.17) is 4.74 Å². The first-order valence-electron chi connectivity index (χ1n) is 5.71. The monoisotopic (exact) mass is 213 g/mol. The van der Waals surface area contributed by atoms with Crippen LogP contribution in [0, 0.1) is 11.8 Å². The lowest BCUT2D eigenvalue weighted by Gasteiger charge is -2.43. The summed E-state index contributed by atoms with van der Waals surface area (Å²) in [6, 6.07) is 0. The van der Waals surface area contributed by atoms with Crippen LogP contribution in [0.1, 0.15) is 34.1 Å². The number of carbonyl (C=O) groups is 1. The minimum Gasteiger partial charge on any atom is -0.468 e. The maximum absolute atomic E-state index is 11.7. The normalized spacial score (nSPS) is 28.9. The van der Waals surface area contributed by atoms with E-state index in [0.717, 1.165) is 13.1 Å². The summed E-state index contributed by atoms with van der Waals surface area (Å²) >= 11 is 0. The van der Waals surface area contributed by atoms with E-state index < -0.39 is 5.54 Å². The minimum atomic E-state index is -0.488. The molecule has 0 aromatic heterocycles. The molecule has 3 heteroatoms. The lowest BCUT2D eigenvalue weighted by Crippen LogP contribution is -2.55. The average Bonchev–Trinajstić information content (AvgIpc) is 2.15. The van der Waals surface area contributed by atoms with Crippen LogP contribution < -0.4 is 0 Å². The number of esters is 1. The first kappa shape index (κ1) is 12.5. The van der Waals surface area contributed by atoms with Crippen LogP contribution in [0.5, 0.6) is 0 Å². The van der Waals surface area contributed by atoms with Crippen LogP contribution in [0.2, 0.25) is 0 Å². The third kappa shape index (κ3) is 2.71. The second kappa shape index (κ2) is 4.52. The number of hydrogen-bond donors (Lipinski definition) is 0. The quantitative estimate of drug-likeness (QED) is 0.656. The van der Waals surface area contributed by atoms with Gasteiger partial charge in [0.25, 0.3) is 0 Å². The molecule has 0 radical (unpaired) electrons. The van der Waals surface area contributed by atoms with Gasteiger partial charge < -0.3 is 4.74 Å². The highest BCUT2D eigenvalue weighted by Crippen LogP contribution is 2.27. The largest absolute Gasteiger partial charge is 0.468 e. The SMILES string of the molecule is COC(=O)C(C)(C)N1C[C@@H](C)C[C@H](C)C1. The van der Waals surface area contributed by atoms with E-state index in [2.05, 4.69) is 18.7 Å². The fourth-order valence-electron chi connectivity index (χ4n) is 2.50. The van der Waals surface area contributed by atoms with Gasteiger partial charge >= 0.3 is 5.97 Å². The lowest BCUT2D eigenvalue weighted by molar-refractivity contribution is -0.155.